The number of hydrogen-bond donors (Lipinski definition) is 1. The summed E-state index contributed by atoms with van der Waals surface area (Å²) in [6, 6.07) is 1.22. The molecule has 104 valence electrons. The quantitative estimate of drug-likeness (QED) is 0.837. The molecule has 1 N–H and O–H groups in total. The highest BCUT2D eigenvalue weighted by Crippen LogP contribution is 2.22. The van der Waals surface area contributed by atoms with E-state index in [1.165, 1.54) is 38.5 Å². The van der Waals surface area contributed by atoms with Crippen molar-refractivity contribution in [1.29, 1.82) is 0 Å². The van der Waals surface area contributed by atoms with Gasteiger partial charge in [-0.2, -0.15) is 0 Å². The van der Waals surface area contributed by atoms with Crippen LogP contribution in [0.25, 0.3) is 0 Å². The minimum atomic E-state index is 0.317. The molecule has 0 aromatic rings. The summed E-state index contributed by atoms with van der Waals surface area (Å²) in [4.78, 5) is 13.9. The third-order valence-corrected chi connectivity index (χ3v) is 4.39. The maximum atomic E-state index is 11.8. The van der Waals surface area contributed by atoms with Crippen molar-refractivity contribution in [1.82, 2.24) is 10.2 Å². The first-order valence-corrected chi connectivity index (χ1v) is 7.73. The number of nitrogens with zero attached hydrogens (tertiary/aromatic N) is 1. The van der Waals surface area contributed by atoms with Crippen molar-refractivity contribution in [2.45, 2.75) is 70.9 Å². The molecule has 1 aliphatic carbocycles. The first-order chi connectivity index (χ1) is 8.69. The molecule has 0 bridgehead atoms. The highest BCUT2D eigenvalue weighted by atomic mass is 16.2. The van der Waals surface area contributed by atoms with Gasteiger partial charge in [0.15, 0.2) is 0 Å². The second kappa shape index (κ2) is 6.55. The molecular weight excluding hydrogens is 224 g/mol. The van der Waals surface area contributed by atoms with Crippen LogP contribution in [0.3, 0.4) is 0 Å². The predicted molar refractivity (Wildman–Crippen MR) is 74.4 cm³/mol. The first kappa shape index (κ1) is 13.9. The van der Waals surface area contributed by atoms with E-state index in [-0.39, 0.29) is 0 Å². The third kappa shape index (κ3) is 3.71. The van der Waals surface area contributed by atoms with Crippen LogP contribution >= 0.6 is 0 Å². The van der Waals surface area contributed by atoms with E-state index in [0.717, 1.165) is 13.1 Å². The minimum Gasteiger partial charge on any atom is -0.341 e. The zero-order valence-corrected chi connectivity index (χ0v) is 12.0. The molecule has 2 fully saturated rings. The summed E-state index contributed by atoms with van der Waals surface area (Å²) in [5.74, 6) is 0.951. The van der Waals surface area contributed by atoms with Crippen molar-refractivity contribution in [3.63, 3.8) is 0 Å². The number of amides is 1. The van der Waals surface area contributed by atoms with Gasteiger partial charge in [-0.25, -0.2) is 0 Å². The van der Waals surface area contributed by atoms with Gasteiger partial charge in [0.05, 0.1) is 0 Å². The Morgan fingerprint density at radius 2 is 1.89 bits per heavy atom. The predicted octanol–water partition coefficient (Wildman–Crippen LogP) is 2.56. The lowest BCUT2D eigenvalue weighted by Crippen LogP contribution is -2.53. The van der Waals surface area contributed by atoms with Crippen LogP contribution in [0.2, 0.25) is 0 Å². The van der Waals surface area contributed by atoms with Crippen LogP contribution in [0, 0.1) is 5.92 Å². The van der Waals surface area contributed by atoms with Crippen molar-refractivity contribution in [2.75, 3.05) is 13.1 Å². The molecule has 1 aliphatic heterocycles. The van der Waals surface area contributed by atoms with Crippen molar-refractivity contribution < 1.29 is 4.79 Å². The van der Waals surface area contributed by atoms with Crippen LogP contribution in [0.4, 0.5) is 0 Å². The second-order valence-electron chi connectivity index (χ2n) is 6.19. The van der Waals surface area contributed by atoms with E-state index in [2.05, 4.69) is 17.1 Å². The lowest BCUT2D eigenvalue weighted by Gasteiger charge is -2.39. The molecule has 1 heterocycles. The molecule has 0 aromatic carbocycles. The van der Waals surface area contributed by atoms with Gasteiger partial charge < -0.3 is 10.2 Å². The first-order valence-electron chi connectivity index (χ1n) is 7.73. The van der Waals surface area contributed by atoms with Gasteiger partial charge in [0.25, 0.3) is 0 Å². The van der Waals surface area contributed by atoms with Gasteiger partial charge in [0.1, 0.15) is 0 Å². The van der Waals surface area contributed by atoms with Crippen LogP contribution in [-0.2, 0) is 4.79 Å². The van der Waals surface area contributed by atoms with Gasteiger partial charge in [-0.05, 0) is 25.2 Å². The summed E-state index contributed by atoms with van der Waals surface area (Å²) in [7, 11) is 0. The summed E-state index contributed by atoms with van der Waals surface area (Å²) < 4.78 is 0. The van der Waals surface area contributed by atoms with E-state index < -0.39 is 0 Å². The second-order valence-corrected chi connectivity index (χ2v) is 6.19. The van der Waals surface area contributed by atoms with Gasteiger partial charge >= 0.3 is 0 Å². The molecule has 3 nitrogen and oxygen atoms in total. The van der Waals surface area contributed by atoms with Crippen LogP contribution in [0.5, 0.6) is 0 Å². The Morgan fingerprint density at radius 1 is 1.17 bits per heavy atom. The number of nitrogens with one attached hydrogen (secondary N) is 1. The van der Waals surface area contributed by atoms with E-state index in [9.17, 15) is 4.79 Å². The lowest BCUT2D eigenvalue weighted by atomic mass is 9.91. The Labute approximate surface area is 111 Å². The molecule has 3 heteroatoms. The molecule has 2 unspecified atom stereocenters. The van der Waals surface area contributed by atoms with Gasteiger partial charge in [0.2, 0.25) is 5.91 Å². The van der Waals surface area contributed by atoms with Crippen LogP contribution in [0.1, 0.15) is 58.8 Å². The van der Waals surface area contributed by atoms with Gasteiger partial charge in [-0.15, -0.1) is 0 Å². The van der Waals surface area contributed by atoms with E-state index in [1.54, 1.807) is 0 Å². The highest BCUT2D eigenvalue weighted by Gasteiger charge is 2.28. The normalized spacial score (nSPS) is 30.4. The Kier molecular flexibility index (Phi) is 5.04. The Bertz CT molecular complexity index is 274. The molecule has 2 aliphatic rings. The highest BCUT2D eigenvalue weighted by molar-refractivity contribution is 5.76. The Balaban J connectivity index is 1.85. The molecule has 2 rings (SSSR count). The van der Waals surface area contributed by atoms with Crippen molar-refractivity contribution in [3.05, 3.63) is 0 Å². The summed E-state index contributed by atoms with van der Waals surface area (Å²) in [5.41, 5.74) is 0. The van der Waals surface area contributed by atoms with Gasteiger partial charge in [0, 0.05) is 31.6 Å². The average Bonchev–Trinajstić information content (AvgIpc) is 2.38. The number of carbonyl (C=O) groups excluding carboxylic acids is 1. The number of carbonyl (C=O) groups is 1. The number of rotatable bonds is 3. The SMILES string of the molecule is CCC(=O)N1CC(C)CC(NC2CCCCC2)C1. The van der Waals surface area contributed by atoms with E-state index in [1.807, 2.05) is 6.92 Å². The summed E-state index contributed by atoms with van der Waals surface area (Å²) >= 11 is 0. The summed E-state index contributed by atoms with van der Waals surface area (Å²) in [6.07, 6.45) is 8.67. The minimum absolute atomic E-state index is 0.317. The van der Waals surface area contributed by atoms with E-state index in [4.69, 9.17) is 0 Å². The number of piperidine rings is 1. The van der Waals surface area contributed by atoms with E-state index in [0.29, 0.717) is 30.3 Å². The Hall–Kier alpha value is -0.570. The topological polar surface area (TPSA) is 32.3 Å². The van der Waals surface area contributed by atoms with Gasteiger partial charge in [-0.1, -0.05) is 33.1 Å². The summed E-state index contributed by atoms with van der Waals surface area (Å²) in [6.45, 7) is 6.11. The van der Waals surface area contributed by atoms with Crippen molar-refractivity contribution in [2.24, 2.45) is 5.92 Å². The Morgan fingerprint density at radius 3 is 2.56 bits per heavy atom. The molecule has 1 saturated heterocycles. The van der Waals surface area contributed by atoms with Gasteiger partial charge in [-0.3, -0.25) is 4.79 Å². The average molecular weight is 252 g/mol. The largest absolute Gasteiger partial charge is 0.341 e. The molecule has 18 heavy (non-hydrogen) atoms. The van der Waals surface area contributed by atoms with E-state index >= 15 is 0 Å². The molecule has 1 amide bonds. The molecule has 2 atom stereocenters. The molecule has 0 aromatic heterocycles. The standard InChI is InChI=1S/C15H28N2O/c1-3-15(18)17-10-12(2)9-14(11-17)16-13-7-5-4-6-8-13/h12-14,16H,3-11H2,1-2H3. The molecule has 0 radical (unpaired) electrons. The zero-order chi connectivity index (χ0) is 13.0. The fourth-order valence-corrected chi connectivity index (χ4v) is 3.50. The molecule has 0 spiro atoms. The summed E-state index contributed by atoms with van der Waals surface area (Å²) in [5, 5.41) is 3.80. The maximum Gasteiger partial charge on any atom is 0.222 e. The maximum absolute atomic E-state index is 11.8. The number of likely N-dealkylation sites (tertiary alicyclic amines) is 1. The fraction of sp³-hybridized carbons (Fsp3) is 0.933. The van der Waals surface area contributed by atoms with Crippen LogP contribution < -0.4 is 5.32 Å². The van der Waals surface area contributed by atoms with Crippen LogP contribution in [-0.4, -0.2) is 36.0 Å². The molecule has 1 saturated carbocycles. The third-order valence-electron chi connectivity index (χ3n) is 4.39. The number of hydrogen-bond acceptors (Lipinski definition) is 2. The fourth-order valence-electron chi connectivity index (χ4n) is 3.50. The zero-order valence-electron chi connectivity index (χ0n) is 12.0. The van der Waals surface area contributed by atoms with Crippen LogP contribution in [0.15, 0.2) is 0 Å². The lowest BCUT2D eigenvalue weighted by molar-refractivity contribution is -0.133. The van der Waals surface area contributed by atoms with Crippen molar-refractivity contribution in [3.8, 4) is 0 Å². The van der Waals surface area contributed by atoms with Crippen molar-refractivity contribution >= 4 is 5.91 Å². The monoisotopic (exact) mass is 252 g/mol. The molecular formula is C15H28N2O. The smallest absolute Gasteiger partial charge is 0.222 e.